The summed E-state index contributed by atoms with van der Waals surface area (Å²) in [6.45, 7) is 7.49. The minimum atomic E-state index is -0.470. The molecule has 9 nitrogen and oxygen atoms in total. The Labute approximate surface area is 164 Å². The van der Waals surface area contributed by atoms with Crippen molar-refractivity contribution in [3.63, 3.8) is 0 Å². The van der Waals surface area contributed by atoms with Crippen molar-refractivity contribution in [2.24, 2.45) is 0 Å². The highest BCUT2D eigenvalue weighted by Crippen LogP contribution is 2.30. The summed E-state index contributed by atoms with van der Waals surface area (Å²) in [7, 11) is 0. The molecule has 1 saturated heterocycles. The second-order valence-corrected chi connectivity index (χ2v) is 6.06. The number of likely N-dealkylation sites (N-methyl/N-ethyl adjacent to an activating group) is 1. The van der Waals surface area contributed by atoms with Gasteiger partial charge in [-0.05, 0) is 18.7 Å². The van der Waals surface area contributed by atoms with Crippen LogP contribution in [0.2, 0.25) is 0 Å². The maximum absolute atomic E-state index is 12.2. The number of nitrogens with zero attached hydrogens (tertiary/aromatic N) is 3. The molecule has 1 fully saturated rings. The minimum absolute atomic E-state index is 0. The number of anilines is 1. The van der Waals surface area contributed by atoms with Gasteiger partial charge in [0.2, 0.25) is 5.91 Å². The Morgan fingerprint density at radius 1 is 1.19 bits per heavy atom. The van der Waals surface area contributed by atoms with Crippen LogP contribution in [0.3, 0.4) is 0 Å². The highest BCUT2D eigenvalue weighted by atomic mass is 35.5. The lowest BCUT2D eigenvalue weighted by Gasteiger charge is -2.35. The maximum Gasteiger partial charge on any atom is 0.293 e. The molecule has 0 aliphatic carbocycles. The zero-order valence-electron chi connectivity index (χ0n) is 15.6. The molecule has 27 heavy (non-hydrogen) atoms. The minimum Gasteiger partial charge on any atom is -0.362 e. The van der Waals surface area contributed by atoms with E-state index in [0.717, 1.165) is 6.54 Å². The van der Waals surface area contributed by atoms with Crippen molar-refractivity contribution in [2.45, 2.75) is 13.8 Å². The van der Waals surface area contributed by atoms with E-state index in [1.807, 2.05) is 11.8 Å². The Morgan fingerprint density at radius 2 is 1.85 bits per heavy atom. The third kappa shape index (κ3) is 6.07. The van der Waals surface area contributed by atoms with Crippen molar-refractivity contribution in [3.8, 4) is 0 Å². The molecule has 2 rings (SSSR count). The van der Waals surface area contributed by atoms with Crippen LogP contribution < -0.4 is 15.5 Å². The fraction of sp³-hybridized carbons (Fsp3) is 0.529. The van der Waals surface area contributed by atoms with Gasteiger partial charge in [0.25, 0.3) is 11.6 Å². The molecule has 0 aromatic heterocycles. The van der Waals surface area contributed by atoms with Gasteiger partial charge in [0, 0.05) is 57.8 Å². The number of benzene rings is 1. The maximum atomic E-state index is 12.2. The van der Waals surface area contributed by atoms with E-state index >= 15 is 0 Å². The molecule has 0 radical (unpaired) electrons. The molecule has 1 aromatic rings. The first-order valence-corrected chi connectivity index (χ1v) is 8.71. The quantitative estimate of drug-likeness (QED) is 0.402. The van der Waals surface area contributed by atoms with Gasteiger partial charge in [0.1, 0.15) is 5.69 Å². The zero-order valence-corrected chi connectivity index (χ0v) is 16.4. The third-order valence-corrected chi connectivity index (χ3v) is 4.34. The van der Waals surface area contributed by atoms with E-state index in [1.165, 1.54) is 13.0 Å². The van der Waals surface area contributed by atoms with Crippen molar-refractivity contribution in [1.29, 1.82) is 0 Å². The van der Waals surface area contributed by atoms with Crippen LogP contribution in [0.15, 0.2) is 18.2 Å². The van der Waals surface area contributed by atoms with E-state index in [9.17, 15) is 19.7 Å². The van der Waals surface area contributed by atoms with Crippen molar-refractivity contribution < 1.29 is 14.5 Å². The lowest BCUT2D eigenvalue weighted by atomic mass is 10.1. The second-order valence-electron chi connectivity index (χ2n) is 6.06. The SMILES string of the molecule is CCNCCNC(=O)c1ccc(N2CCN(C(C)=O)CC2)c([N+](=O)[O-])c1.Cl. The van der Waals surface area contributed by atoms with E-state index < -0.39 is 4.92 Å². The Morgan fingerprint density at radius 3 is 2.41 bits per heavy atom. The summed E-state index contributed by atoms with van der Waals surface area (Å²) >= 11 is 0. The van der Waals surface area contributed by atoms with E-state index in [2.05, 4.69) is 10.6 Å². The largest absolute Gasteiger partial charge is 0.362 e. The first-order chi connectivity index (χ1) is 12.4. The van der Waals surface area contributed by atoms with Gasteiger partial charge in [-0.15, -0.1) is 12.4 Å². The van der Waals surface area contributed by atoms with Crippen LogP contribution in [0.5, 0.6) is 0 Å². The first-order valence-electron chi connectivity index (χ1n) is 8.71. The van der Waals surface area contributed by atoms with Crippen LogP contribution in [0.1, 0.15) is 24.2 Å². The fourth-order valence-corrected chi connectivity index (χ4v) is 2.88. The smallest absolute Gasteiger partial charge is 0.293 e. The molecule has 0 bridgehead atoms. The second kappa shape index (κ2) is 10.7. The summed E-state index contributed by atoms with van der Waals surface area (Å²) in [5.41, 5.74) is 0.641. The monoisotopic (exact) mass is 399 g/mol. The molecule has 1 heterocycles. The van der Waals surface area contributed by atoms with Crippen molar-refractivity contribution in [3.05, 3.63) is 33.9 Å². The average Bonchev–Trinajstić information content (AvgIpc) is 2.64. The molecule has 150 valence electrons. The Kier molecular flexibility index (Phi) is 8.96. The molecule has 1 aliphatic rings. The van der Waals surface area contributed by atoms with Crippen LogP contribution in [-0.2, 0) is 4.79 Å². The molecule has 0 atom stereocenters. The summed E-state index contributed by atoms with van der Waals surface area (Å²) in [5.74, 6) is -0.331. The molecule has 0 unspecified atom stereocenters. The lowest BCUT2D eigenvalue weighted by Crippen LogP contribution is -2.48. The molecular weight excluding hydrogens is 374 g/mol. The highest BCUT2D eigenvalue weighted by molar-refractivity contribution is 5.95. The third-order valence-electron chi connectivity index (χ3n) is 4.34. The Balaban J connectivity index is 0.00000364. The Bertz CT molecular complexity index is 677. The van der Waals surface area contributed by atoms with Gasteiger partial charge in [-0.25, -0.2) is 0 Å². The van der Waals surface area contributed by atoms with Crippen LogP contribution in [0.25, 0.3) is 0 Å². The van der Waals surface area contributed by atoms with Crippen LogP contribution in [0.4, 0.5) is 11.4 Å². The number of nitro groups is 1. The molecular formula is C17H26ClN5O4. The molecule has 2 N–H and O–H groups in total. The van der Waals surface area contributed by atoms with Gasteiger partial charge in [0.15, 0.2) is 0 Å². The number of carbonyl (C=O) groups excluding carboxylic acids is 2. The normalized spacial score (nSPS) is 13.7. The number of hydrogen-bond donors (Lipinski definition) is 2. The standard InChI is InChI=1S/C17H25N5O4.ClH/c1-3-18-6-7-19-17(24)14-4-5-15(16(12-14)22(25)26)21-10-8-20(9-11-21)13(2)23;/h4-5,12,18H,3,6-11H2,1-2H3,(H,19,24);1H. The summed E-state index contributed by atoms with van der Waals surface area (Å²) in [6, 6.07) is 4.53. The Hall–Kier alpha value is -2.39. The van der Waals surface area contributed by atoms with Crippen LogP contribution in [0, 0.1) is 10.1 Å². The van der Waals surface area contributed by atoms with Crippen molar-refractivity contribution in [1.82, 2.24) is 15.5 Å². The number of piperazine rings is 1. The van der Waals surface area contributed by atoms with Gasteiger partial charge >= 0.3 is 0 Å². The van der Waals surface area contributed by atoms with Gasteiger partial charge in [-0.1, -0.05) is 6.92 Å². The number of amides is 2. The fourth-order valence-electron chi connectivity index (χ4n) is 2.88. The topological polar surface area (TPSA) is 108 Å². The van der Waals surface area contributed by atoms with E-state index in [-0.39, 0.29) is 35.5 Å². The van der Waals surface area contributed by atoms with E-state index in [1.54, 1.807) is 17.0 Å². The first kappa shape index (κ1) is 22.7. The average molecular weight is 400 g/mol. The molecule has 10 heteroatoms. The number of nitro benzene ring substituents is 1. The predicted octanol–water partition coefficient (Wildman–Crippen LogP) is 1.02. The van der Waals surface area contributed by atoms with E-state index in [0.29, 0.717) is 45.0 Å². The van der Waals surface area contributed by atoms with E-state index in [4.69, 9.17) is 0 Å². The highest BCUT2D eigenvalue weighted by Gasteiger charge is 2.25. The van der Waals surface area contributed by atoms with Crippen LogP contribution >= 0.6 is 12.4 Å². The lowest BCUT2D eigenvalue weighted by molar-refractivity contribution is -0.384. The molecule has 0 saturated carbocycles. The number of halogens is 1. The van der Waals surface area contributed by atoms with Crippen molar-refractivity contribution in [2.75, 3.05) is 50.7 Å². The molecule has 1 aromatic carbocycles. The van der Waals surface area contributed by atoms with Crippen LogP contribution in [-0.4, -0.2) is 67.5 Å². The van der Waals surface area contributed by atoms with Crippen molar-refractivity contribution >= 4 is 35.6 Å². The number of nitrogens with one attached hydrogen (secondary N) is 2. The number of rotatable bonds is 7. The van der Waals surface area contributed by atoms with Gasteiger partial charge < -0.3 is 20.4 Å². The van der Waals surface area contributed by atoms with Gasteiger partial charge in [-0.2, -0.15) is 0 Å². The number of hydrogen-bond acceptors (Lipinski definition) is 6. The molecule has 2 amide bonds. The summed E-state index contributed by atoms with van der Waals surface area (Å²) in [5, 5.41) is 17.3. The summed E-state index contributed by atoms with van der Waals surface area (Å²) < 4.78 is 0. The number of carbonyl (C=O) groups is 2. The van der Waals surface area contributed by atoms with Gasteiger partial charge in [-0.3, -0.25) is 19.7 Å². The molecule has 0 spiro atoms. The van der Waals surface area contributed by atoms with Gasteiger partial charge in [0.05, 0.1) is 4.92 Å². The molecule has 1 aliphatic heterocycles. The summed E-state index contributed by atoms with van der Waals surface area (Å²) in [6.07, 6.45) is 0. The zero-order chi connectivity index (χ0) is 19.1. The predicted molar refractivity (Wildman–Crippen MR) is 106 cm³/mol. The summed E-state index contributed by atoms with van der Waals surface area (Å²) in [4.78, 5) is 38.2.